The third-order valence-corrected chi connectivity index (χ3v) is 5.60. The predicted octanol–water partition coefficient (Wildman–Crippen LogP) is 4.37. The molecule has 0 saturated carbocycles. The van der Waals surface area contributed by atoms with E-state index >= 15 is 0 Å². The molecule has 0 bridgehead atoms. The summed E-state index contributed by atoms with van der Waals surface area (Å²) in [5.74, 6) is 2.30. The fourth-order valence-electron chi connectivity index (χ4n) is 2.76. The number of methoxy groups -OCH3 is 1. The van der Waals surface area contributed by atoms with Crippen molar-refractivity contribution in [3.8, 4) is 11.4 Å². The van der Waals surface area contributed by atoms with Crippen LogP contribution in [0.2, 0.25) is 0 Å². The van der Waals surface area contributed by atoms with Gasteiger partial charge in [-0.1, -0.05) is 23.9 Å². The number of aryl methyl sites for hydroxylation is 1. The fraction of sp³-hybridized carbons (Fsp3) is 0.333. The van der Waals surface area contributed by atoms with Crippen molar-refractivity contribution < 1.29 is 9.13 Å². The Hall–Kier alpha value is -2.38. The molecule has 0 aliphatic heterocycles. The molecule has 1 atom stereocenters. The predicted molar refractivity (Wildman–Crippen MR) is 111 cm³/mol. The maximum atomic E-state index is 13.4. The monoisotopic (exact) mass is 400 g/mol. The summed E-state index contributed by atoms with van der Waals surface area (Å²) in [4.78, 5) is 2.08. The number of ether oxygens (including phenoxy) is 1. The Balaban J connectivity index is 1.80. The maximum Gasteiger partial charge on any atom is 0.195 e. The molecule has 0 N–H and O–H groups in total. The molecule has 3 rings (SSSR count). The van der Waals surface area contributed by atoms with Crippen LogP contribution in [0.5, 0.6) is 5.75 Å². The molecule has 0 radical (unpaired) electrons. The van der Waals surface area contributed by atoms with E-state index in [0.717, 1.165) is 34.6 Å². The molecule has 2 aromatic carbocycles. The van der Waals surface area contributed by atoms with E-state index in [0.29, 0.717) is 0 Å². The Morgan fingerprint density at radius 2 is 1.75 bits per heavy atom. The van der Waals surface area contributed by atoms with Crippen molar-refractivity contribution in [2.45, 2.75) is 24.5 Å². The standard InChI is InChI=1S/C21H25FN4OS/c1-15(25(2)3)20-23-24-21(26(20)18-9-7-17(22)8-10-18)28-14-13-16-5-11-19(27-4)12-6-16/h5-12,15H,13-14H2,1-4H3/t15-/m0/s1. The zero-order chi connectivity index (χ0) is 20.1. The van der Waals surface area contributed by atoms with Crippen LogP contribution in [0.25, 0.3) is 5.69 Å². The lowest BCUT2D eigenvalue weighted by Gasteiger charge is -2.20. The van der Waals surface area contributed by atoms with Gasteiger partial charge in [-0.15, -0.1) is 10.2 Å². The number of hydrogen-bond acceptors (Lipinski definition) is 5. The Bertz CT molecular complexity index is 894. The van der Waals surface area contributed by atoms with Gasteiger partial charge in [-0.05, 0) is 69.4 Å². The average Bonchev–Trinajstić information content (AvgIpc) is 3.12. The number of halogens is 1. The van der Waals surface area contributed by atoms with Gasteiger partial charge < -0.3 is 4.74 Å². The van der Waals surface area contributed by atoms with Crippen molar-refractivity contribution in [3.63, 3.8) is 0 Å². The first-order valence-electron chi connectivity index (χ1n) is 9.13. The highest BCUT2D eigenvalue weighted by Gasteiger charge is 2.20. The van der Waals surface area contributed by atoms with Crippen LogP contribution in [0, 0.1) is 5.82 Å². The minimum absolute atomic E-state index is 0.0773. The Morgan fingerprint density at radius 3 is 2.36 bits per heavy atom. The molecule has 1 aromatic heterocycles. The summed E-state index contributed by atoms with van der Waals surface area (Å²) in [5.41, 5.74) is 2.10. The van der Waals surface area contributed by atoms with Crippen LogP contribution in [-0.2, 0) is 6.42 Å². The van der Waals surface area contributed by atoms with Crippen molar-refractivity contribution in [2.24, 2.45) is 0 Å². The van der Waals surface area contributed by atoms with Gasteiger partial charge in [0.2, 0.25) is 0 Å². The van der Waals surface area contributed by atoms with Gasteiger partial charge in [0.25, 0.3) is 0 Å². The lowest BCUT2D eigenvalue weighted by atomic mass is 10.2. The largest absolute Gasteiger partial charge is 0.497 e. The van der Waals surface area contributed by atoms with E-state index in [1.54, 1.807) is 31.0 Å². The molecule has 0 unspecified atom stereocenters. The van der Waals surface area contributed by atoms with Crippen molar-refractivity contribution in [1.82, 2.24) is 19.7 Å². The topological polar surface area (TPSA) is 43.2 Å². The van der Waals surface area contributed by atoms with E-state index in [9.17, 15) is 4.39 Å². The van der Waals surface area contributed by atoms with Gasteiger partial charge in [0.05, 0.1) is 13.2 Å². The molecule has 0 fully saturated rings. The second kappa shape index (κ2) is 9.21. The van der Waals surface area contributed by atoms with E-state index in [2.05, 4.69) is 34.2 Å². The summed E-state index contributed by atoms with van der Waals surface area (Å²) < 4.78 is 20.6. The lowest BCUT2D eigenvalue weighted by Crippen LogP contribution is -2.20. The van der Waals surface area contributed by atoms with E-state index < -0.39 is 0 Å². The summed E-state index contributed by atoms with van der Waals surface area (Å²) in [5, 5.41) is 9.65. The van der Waals surface area contributed by atoms with E-state index in [-0.39, 0.29) is 11.9 Å². The van der Waals surface area contributed by atoms with E-state index in [4.69, 9.17) is 4.74 Å². The van der Waals surface area contributed by atoms with Crippen LogP contribution in [0.4, 0.5) is 4.39 Å². The smallest absolute Gasteiger partial charge is 0.195 e. The zero-order valence-corrected chi connectivity index (χ0v) is 17.4. The summed E-state index contributed by atoms with van der Waals surface area (Å²) in [6.07, 6.45) is 0.906. The summed E-state index contributed by atoms with van der Waals surface area (Å²) in [7, 11) is 5.68. The minimum atomic E-state index is -0.257. The summed E-state index contributed by atoms with van der Waals surface area (Å²) >= 11 is 1.65. The number of aromatic nitrogens is 3. The molecule has 28 heavy (non-hydrogen) atoms. The highest BCUT2D eigenvalue weighted by atomic mass is 32.2. The Kier molecular flexibility index (Phi) is 6.70. The summed E-state index contributed by atoms with van der Waals surface area (Å²) in [6.45, 7) is 2.08. The number of thioether (sulfide) groups is 1. The third kappa shape index (κ3) is 4.72. The molecule has 0 spiro atoms. The molecular formula is C21H25FN4OS. The van der Waals surface area contributed by atoms with Gasteiger partial charge >= 0.3 is 0 Å². The van der Waals surface area contributed by atoms with Crippen LogP contribution in [0.3, 0.4) is 0 Å². The highest BCUT2D eigenvalue weighted by Crippen LogP contribution is 2.27. The third-order valence-electron chi connectivity index (χ3n) is 4.67. The molecule has 3 aromatic rings. The fourth-order valence-corrected chi connectivity index (χ4v) is 3.71. The molecule has 1 heterocycles. The van der Waals surface area contributed by atoms with Gasteiger partial charge in [0, 0.05) is 11.4 Å². The van der Waals surface area contributed by atoms with Crippen LogP contribution in [-0.4, -0.2) is 46.6 Å². The first-order valence-corrected chi connectivity index (χ1v) is 10.1. The van der Waals surface area contributed by atoms with Crippen LogP contribution >= 0.6 is 11.8 Å². The van der Waals surface area contributed by atoms with Crippen molar-refractivity contribution in [3.05, 3.63) is 65.7 Å². The van der Waals surface area contributed by atoms with Crippen LogP contribution in [0.15, 0.2) is 53.7 Å². The first-order chi connectivity index (χ1) is 13.5. The maximum absolute atomic E-state index is 13.4. The molecule has 148 valence electrons. The Labute approximate surface area is 169 Å². The van der Waals surface area contributed by atoms with Crippen molar-refractivity contribution in [1.29, 1.82) is 0 Å². The molecule has 5 nitrogen and oxygen atoms in total. The zero-order valence-electron chi connectivity index (χ0n) is 16.6. The normalized spacial score (nSPS) is 12.4. The van der Waals surface area contributed by atoms with Gasteiger partial charge in [0.1, 0.15) is 11.6 Å². The van der Waals surface area contributed by atoms with Gasteiger partial charge in [0.15, 0.2) is 11.0 Å². The lowest BCUT2D eigenvalue weighted by molar-refractivity contribution is 0.305. The molecule has 0 saturated heterocycles. The summed E-state index contributed by atoms with van der Waals surface area (Å²) in [6, 6.07) is 14.6. The SMILES string of the molecule is COc1ccc(CCSc2nnc([C@H](C)N(C)C)n2-c2ccc(F)cc2)cc1. The molecular weight excluding hydrogens is 375 g/mol. The van der Waals surface area contributed by atoms with Gasteiger partial charge in [-0.2, -0.15) is 0 Å². The molecule has 0 amide bonds. The molecule has 0 aliphatic rings. The number of rotatable bonds is 8. The minimum Gasteiger partial charge on any atom is -0.497 e. The first kappa shape index (κ1) is 20.4. The number of nitrogens with zero attached hydrogens (tertiary/aromatic N) is 4. The second-order valence-electron chi connectivity index (χ2n) is 6.74. The number of benzene rings is 2. The van der Waals surface area contributed by atoms with Crippen LogP contribution < -0.4 is 4.74 Å². The quantitative estimate of drug-likeness (QED) is 0.525. The van der Waals surface area contributed by atoms with Gasteiger partial charge in [-0.3, -0.25) is 9.47 Å². The highest BCUT2D eigenvalue weighted by molar-refractivity contribution is 7.99. The van der Waals surface area contributed by atoms with Gasteiger partial charge in [-0.25, -0.2) is 4.39 Å². The van der Waals surface area contributed by atoms with E-state index in [1.165, 1.54) is 17.7 Å². The Morgan fingerprint density at radius 1 is 1.07 bits per heavy atom. The second-order valence-corrected chi connectivity index (χ2v) is 7.80. The van der Waals surface area contributed by atoms with Crippen molar-refractivity contribution >= 4 is 11.8 Å². The van der Waals surface area contributed by atoms with E-state index in [1.807, 2.05) is 30.8 Å². The average molecular weight is 401 g/mol. The van der Waals surface area contributed by atoms with Crippen molar-refractivity contribution in [2.75, 3.05) is 27.0 Å². The number of hydrogen-bond donors (Lipinski definition) is 0. The van der Waals surface area contributed by atoms with Crippen LogP contribution in [0.1, 0.15) is 24.4 Å². The molecule has 7 heteroatoms. The molecule has 0 aliphatic carbocycles.